The van der Waals surface area contributed by atoms with Crippen LogP contribution in [0.1, 0.15) is 30.9 Å². The highest BCUT2D eigenvalue weighted by molar-refractivity contribution is 7.18. The molecule has 138 valence electrons. The molecule has 0 saturated carbocycles. The van der Waals surface area contributed by atoms with Crippen molar-refractivity contribution in [3.05, 3.63) is 47.7 Å². The van der Waals surface area contributed by atoms with Crippen molar-refractivity contribution in [1.82, 2.24) is 14.7 Å². The minimum atomic E-state index is -1.13. The average molecular weight is 375 g/mol. The fourth-order valence-electron chi connectivity index (χ4n) is 3.37. The first-order valence-electron chi connectivity index (χ1n) is 8.89. The van der Waals surface area contributed by atoms with Crippen molar-refractivity contribution in [1.29, 1.82) is 0 Å². The predicted octanol–water partition coefficient (Wildman–Crippen LogP) is 5.32. The van der Waals surface area contributed by atoms with Gasteiger partial charge in [0.15, 0.2) is 5.01 Å². The van der Waals surface area contributed by atoms with Crippen LogP contribution in [0.5, 0.6) is 5.75 Å². The van der Waals surface area contributed by atoms with Crippen LogP contribution in [0.3, 0.4) is 0 Å². The van der Waals surface area contributed by atoms with Gasteiger partial charge in [-0.25, -0.2) is 4.48 Å². The lowest BCUT2D eigenvalue weighted by molar-refractivity contribution is 0.173. The molecule has 0 radical (unpaired) electrons. The molecule has 0 spiro atoms. The Hall–Kier alpha value is -2.05. The number of ether oxygens (including phenoxy) is 1. The Labute approximate surface area is 158 Å². The highest BCUT2D eigenvalue weighted by Crippen LogP contribution is 2.39. The van der Waals surface area contributed by atoms with E-state index in [2.05, 4.69) is 17.1 Å². The molecule has 4 nitrogen and oxygen atoms in total. The van der Waals surface area contributed by atoms with Crippen molar-refractivity contribution in [2.45, 2.75) is 39.9 Å². The standard InChI is InChI=1S/C20H25FN3OS/c1-5-6-10-24(11-8-7-9-17(24)21)20-23-22-19(26-20)16-12-14(2)18(25-4)15(3)13-16/h7-9,11-13,17H,5-6,10H2,1-4H3/q+1. The van der Waals surface area contributed by atoms with Gasteiger partial charge in [-0.2, -0.15) is 4.39 Å². The molecule has 2 heterocycles. The number of aromatic nitrogens is 2. The first-order valence-corrected chi connectivity index (χ1v) is 9.70. The van der Waals surface area contributed by atoms with E-state index in [0.717, 1.165) is 40.3 Å². The SMILES string of the molecule is CCCC[N+]1(c2nnc(-c3cc(C)c(OC)c(C)c3)s2)C=CC=CC1F. The molecule has 0 amide bonds. The molecule has 1 aliphatic heterocycles. The zero-order valence-corrected chi connectivity index (χ0v) is 16.5. The van der Waals surface area contributed by atoms with Crippen LogP contribution >= 0.6 is 11.3 Å². The lowest BCUT2D eigenvalue weighted by Crippen LogP contribution is -2.51. The number of alkyl halides is 1. The van der Waals surface area contributed by atoms with Crippen molar-refractivity contribution in [2.24, 2.45) is 0 Å². The van der Waals surface area contributed by atoms with Gasteiger partial charge in [0.1, 0.15) is 11.9 Å². The molecule has 6 heteroatoms. The Balaban J connectivity index is 2.00. The fourth-order valence-corrected chi connectivity index (χ4v) is 4.37. The summed E-state index contributed by atoms with van der Waals surface area (Å²) in [6.45, 7) is 6.82. The van der Waals surface area contributed by atoms with Crippen LogP contribution in [0.25, 0.3) is 10.6 Å². The van der Waals surface area contributed by atoms with Gasteiger partial charge in [-0.05, 0) is 60.9 Å². The summed E-state index contributed by atoms with van der Waals surface area (Å²) in [5, 5.41) is 10.2. The molecule has 1 aromatic carbocycles. The van der Waals surface area contributed by atoms with E-state index in [-0.39, 0.29) is 4.48 Å². The van der Waals surface area contributed by atoms with Gasteiger partial charge in [-0.1, -0.05) is 24.5 Å². The van der Waals surface area contributed by atoms with Gasteiger partial charge >= 0.3 is 5.13 Å². The second kappa shape index (κ2) is 7.68. The summed E-state index contributed by atoms with van der Waals surface area (Å²) in [6, 6.07) is 4.09. The second-order valence-electron chi connectivity index (χ2n) is 6.64. The summed E-state index contributed by atoms with van der Waals surface area (Å²) in [7, 11) is 1.68. The Bertz CT molecular complexity index is 822. The van der Waals surface area contributed by atoms with Gasteiger partial charge < -0.3 is 4.74 Å². The molecular formula is C20H25FN3OS+. The Kier molecular flexibility index (Phi) is 5.53. The Morgan fingerprint density at radius 1 is 1.19 bits per heavy atom. The number of halogens is 1. The van der Waals surface area contributed by atoms with Gasteiger partial charge in [0, 0.05) is 11.6 Å². The zero-order valence-electron chi connectivity index (χ0n) is 15.7. The molecule has 2 unspecified atom stereocenters. The van der Waals surface area contributed by atoms with Crippen LogP contribution in [0, 0.1) is 13.8 Å². The van der Waals surface area contributed by atoms with Crippen LogP contribution < -0.4 is 9.22 Å². The van der Waals surface area contributed by atoms with E-state index >= 15 is 0 Å². The maximum Gasteiger partial charge on any atom is 0.314 e. The van der Waals surface area contributed by atoms with Crippen molar-refractivity contribution in [2.75, 3.05) is 13.7 Å². The molecule has 2 atom stereocenters. The number of hydrogen-bond acceptors (Lipinski definition) is 4. The zero-order chi connectivity index (χ0) is 18.7. The van der Waals surface area contributed by atoms with E-state index in [0.29, 0.717) is 11.7 Å². The van der Waals surface area contributed by atoms with Crippen LogP contribution in [0.4, 0.5) is 9.52 Å². The van der Waals surface area contributed by atoms with E-state index < -0.39 is 6.30 Å². The second-order valence-corrected chi connectivity index (χ2v) is 7.60. The molecule has 2 aromatic rings. The molecule has 1 aromatic heterocycles. The number of benzene rings is 1. The minimum Gasteiger partial charge on any atom is -0.496 e. The van der Waals surface area contributed by atoms with Gasteiger partial charge in [0.25, 0.3) is 6.30 Å². The molecule has 26 heavy (non-hydrogen) atoms. The largest absolute Gasteiger partial charge is 0.496 e. The van der Waals surface area contributed by atoms with Crippen LogP contribution in [-0.2, 0) is 0 Å². The molecule has 0 aliphatic carbocycles. The van der Waals surface area contributed by atoms with Crippen LogP contribution in [0.2, 0.25) is 0 Å². The smallest absolute Gasteiger partial charge is 0.314 e. The highest BCUT2D eigenvalue weighted by Gasteiger charge is 2.40. The predicted molar refractivity (Wildman–Crippen MR) is 106 cm³/mol. The molecule has 0 fully saturated rings. The van der Waals surface area contributed by atoms with Gasteiger partial charge in [0.05, 0.1) is 13.7 Å². The first-order chi connectivity index (χ1) is 12.5. The third kappa shape index (κ3) is 3.31. The summed E-state index contributed by atoms with van der Waals surface area (Å²) in [6.07, 6.45) is 7.95. The summed E-state index contributed by atoms with van der Waals surface area (Å²) < 4.78 is 20.4. The number of hydrogen-bond donors (Lipinski definition) is 0. The van der Waals surface area contributed by atoms with Gasteiger partial charge in [-0.15, -0.1) is 5.10 Å². The average Bonchev–Trinajstić information content (AvgIpc) is 3.12. The highest BCUT2D eigenvalue weighted by atomic mass is 32.1. The summed E-state index contributed by atoms with van der Waals surface area (Å²) in [4.78, 5) is 0. The molecule has 3 rings (SSSR count). The Morgan fingerprint density at radius 3 is 2.54 bits per heavy atom. The normalized spacial score (nSPS) is 22.0. The van der Waals surface area contributed by atoms with Crippen LogP contribution in [0.15, 0.2) is 36.6 Å². The molecule has 0 bridgehead atoms. The van der Waals surface area contributed by atoms with Crippen molar-refractivity contribution >= 4 is 16.5 Å². The number of allylic oxidation sites excluding steroid dienone is 2. The maximum absolute atomic E-state index is 14.9. The number of aryl methyl sites for hydroxylation is 2. The fraction of sp³-hybridized carbons (Fsp3) is 0.400. The maximum atomic E-state index is 14.9. The number of unbranched alkanes of at least 4 members (excludes halogenated alkanes) is 1. The van der Waals surface area contributed by atoms with Crippen molar-refractivity contribution in [3.8, 4) is 16.3 Å². The molecule has 1 aliphatic rings. The van der Waals surface area contributed by atoms with E-state index in [1.165, 1.54) is 11.3 Å². The molecule has 0 saturated heterocycles. The lowest BCUT2D eigenvalue weighted by atomic mass is 10.1. The minimum absolute atomic E-state index is 0.0934. The van der Waals surface area contributed by atoms with E-state index in [4.69, 9.17) is 4.74 Å². The van der Waals surface area contributed by atoms with E-state index in [1.54, 1.807) is 19.3 Å². The third-order valence-electron chi connectivity index (χ3n) is 4.74. The summed E-state index contributed by atoms with van der Waals surface area (Å²) in [5.41, 5.74) is 3.10. The quantitative estimate of drug-likeness (QED) is 0.507. The topological polar surface area (TPSA) is 35.0 Å². The lowest BCUT2D eigenvalue weighted by Gasteiger charge is -2.34. The summed E-state index contributed by atoms with van der Waals surface area (Å²) >= 11 is 1.46. The van der Waals surface area contributed by atoms with Gasteiger partial charge in [-0.3, -0.25) is 0 Å². The van der Waals surface area contributed by atoms with E-state index in [9.17, 15) is 4.39 Å². The first kappa shape index (κ1) is 18.7. The number of quaternary nitrogens is 1. The summed E-state index contributed by atoms with van der Waals surface area (Å²) in [5.74, 6) is 0.887. The van der Waals surface area contributed by atoms with E-state index in [1.807, 2.05) is 38.3 Å². The van der Waals surface area contributed by atoms with Crippen molar-refractivity contribution in [3.63, 3.8) is 0 Å². The number of nitrogens with zero attached hydrogens (tertiary/aromatic N) is 3. The molecule has 0 N–H and O–H groups in total. The van der Waals surface area contributed by atoms with Crippen molar-refractivity contribution < 1.29 is 9.13 Å². The number of methoxy groups -OCH3 is 1. The third-order valence-corrected chi connectivity index (χ3v) is 5.85. The Morgan fingerprint density at radius 2 is 1.92 bits per heavy atom. The number of rotatable bonds is 6. The molecular weight excluding hydrogens is 349 g/mol. The van der Waals surface area contributed by atoms with Gasteiger partial charge in [0.2, 0.25) is 0 Å². The van der Waals surface area contributed by atoms with Crippen LogP contribution in [-0.4, -0.2) is 30.1 Å². The monoisotopic (exact) mass is 374 g/mol.